The van der Waals surface area contributed by atoms with E-state index in [-0.39, 0.29) is 21.2 Å². The van der Waals surface area contributed by atoms with Gasteiger partial charge in [-0.3, -0.25) is 5.43 Å². The number of hydrogen-bond donors (Lipinski definition) is 1. The minimum absolute atomic E-state index is 0.0328. The summed E-state index contributed by atoms with van der Waals surface area (Å²) in [6, 6.07) is 3.42. The third-order valence-electron chi connectivity index (χ3n) is 2.16. The number of anilines is 1. The Hall–Kier alpha value is -1.50. The van der Waals surface area contributed by atoms with Gasteiger partial charge in [-0.15, -0.1) is 0 Å². The van der Waals surface area contributed by atoms with Gasteiger partial charge in [0.05, 0.1) is 11.8 Å². The Kier molecular flexibility index (Phi) is 4.69. The molecule has 9 heteroatoms. The predicted molar refractivity (Wildman–Crippen MR) is 74.6 cm³/mol. The molecular formula is C11H5Cl3F2N4. The fourth-order valence-corrected chi connectivity index (χ4v) is 2.01. The molecule has 0 bridgehead atoms. The van der Waals surface area contributed by atoms with Crippen LogP contribution in [0.4, 0.5) is 14.5 Å². The first kappa shape index (κ1) is 14.9. The molecule has 0 fully saturated rings. The molecule has 1 aromatic heterocycles. The van der Waals surface area contributed by atoms with Crippen LogP contribution >= 0.6 is 34.8 Å². The van der Waals surface area contributed by atoms with Crippen LogP contribution in [0.5, 0.6) is 0 Å². The normalized spacial score (nSPS) is 11.1. The van der Waals surface area contributed by atoms with Crippen molar-refractivity contribution in [2.24, 2.45) is 5.10 Å². The molecule has 1 N–H and O–H groups in total. The lowest BCUT2D eigenvalue weighted by atomic mass is 10.3. The van der Waals surface area contributed by atoms with Gasteiger partial charge in [-0.1, -0.05) is 29.3 Å². The lowest BCUT2D eigenvalue weighted by molar-refractivity contribution is 0.589. The molecule has 2 aromatic rings. The third kappa shape index (κ3) is 3.33. The maximum absolute atomic E-state index is 13.3. The summed E-state index contributed by atoms with van der Waals surface area (Å²) in [4.78, 5) is 7.33. The van der Waals surface area contributed by atoms with Crippen molar-refractivity contribution in [1.29, 1.82) is 0 Å². The van der Waals surface area contributed by atoms with E-state index in [0.717, 1.165) is 18.3 Å². The number of nitrogens with one attached hydrogen (secondary N) is 1. The lowest BCUT2D eigenvalue weighted by Crippen LogP contribution is -1.99. The molecule has 1 aromatic carbocycles. The Labute approximate surface area is 127 Å². The van der Waals surface area contributed by atoms with Gasteiger partial charge in [0.1, 0.15) is 16.0 Å². The second kappa shape index (κ2) is 6.30. The van der Waals surface area contributed by atoms with Crippen LogP contribution in [0.1, 0.15) is 5.56 Å². The number of rotatable bonds is 3. The highest BCUT2D eigenvalue weighted by molar-refractivity contribution is 6.38. The highest BCUT2D eigenvalue weighted by atomic mass is 35.5. The highest BCUT2D eigenvalue weighted by Gasteiger charge is 2.10. The molecule has 0 saturated carbocycles. The second-order valence-corrected chi connectivity index (χ2v) is 4.51. The molecule has 1 heterocycles. The van der Waals surface area contributed by atoms with Gasteiger partial charge in [-0.05, 0) is 23.7 Å². The van der Waals surface area contributed by atoms with Gasteiger partial charge >= 0.3 is 0 Å². The molecule has 0 aliphatic heterocycles. The lowest BCUT2D eigenvalue weighted by Gasteiger charge is -2.04. The van der Waals surface area contributed by atoms with Crippen molar-refractivity contribution >= 4 is 46.7 Å². The number of hydrogen-bond acceptors (Lipinski definition) is 4. The number of para-hydroxylation sites is 1. The third-order valence-corrected chi connectivity index (χ3v) is 2.90. The minimum atomic E-state index is -0.785. The molecule has 0 unspecified atom stereocenters. The summed E-state index contributed by atoms with van der Waals surface area (Å²) >= 11 is 17.1. The standard InChI is InChI=1S/C11H5Cl3F2N4/c12-9-5(10(13)19-11(14)18-9)4-17-20-8-6(15)2-1-3-7(8)16/h1-4,20H. The second-order valence-electron chi connectivity index (χ2n) is 3.45. The van der Waals surface area contributed by atoms with E-state index in [1.54, 1.807) is 0 Å². The summed E-state index contributed by atoms with van der Waals surface area (Å²) in [7, 11) is 0. The van der Waals surface area contributed by atoms with E-state index < -0.39 is 17.3 Å². The average Bonchev–Trinajstić information content (AvgIpc) is 2.35. The van der Waals surface area contributed by atoms with Crippen LogP contribution in [0, 0.1) is 11.6 Å². The summed E-state index contributed by atoms with van der Waals surface area (Å²) < 4.78 is 26.6. The van der Waals surface area contributed by atoms with Crippen molar-refractivity contribution in [3.05, 3.63) is 51.0 Å². The number of halogens is 5. The number of benzene rings is 1. The molecule has 20 heavy (non-hydrogen) atoms. The van der Waals surface area contributed by atoms with Gasteiger partial charge in [0, 0.05) is 0 Å². The number of aromatic nitrogens is 2. The van der Waals surface area contributed by atoms with Crippen LogP contribution < -0.4 is 5.43 Å². The topological polar surface area (TPSA) is 50.2 Å². The van der Waals surface area contributed by atoms with Crippen LogP contribution in [0.15, 0.2) is 23.3 Å². The molecule has 0 radical (unpaired) electrons. The van der Waals surface area contributed by atoms with E-state index in [9.17, 15) is 8.78 Å². The molecular weight excluding hydrogens is 333 g/mol. The van der Waals surface area contributed by atoms with Crippen molar-refractivity contribution < 1.29 is 8.78 Å². The first-order valence-electron chi connectivity index (χ1n) is 5.10. The molecule has 104 valence electrons. The molecule has 0 saturated heterocycles. The monoisotopic (exact) mass is 336 g/mol. The van der Waals surface area contributed by atoms with Crippen LogP contribution in [0.2, 0.25) is 15.6 Å². The first-order valence-corrected chi connectivity index (χ1v) is 6.24. The summed E-state index contributed by atoms with van der Waals surface area (Å²) in [5, 5.41) is 3.45. The van der Waals surface area contributed by atoms with Crippen LogP contribution in [-0.2, 0) is 0 Å². The zero-order valence-corrected chi connectivity index (χ0v) is 11.8. The molecule has 0 amide bonds. The Morgan fingerprint density at radius 1 is 1.05 bits per heavy atom. The molecule has 0 spiro atoms. The Morgan fingerprint density at radius 3 is 2.15 bits per heavy atom. The summed E-state index contributed by atoms with van der Waals surface area (Å²) in [6.45, 7) is 0. The Balaban J connectivity index is 2.23. The first-order chi connectivity index (χ1) is 9.49. The van der Waals surface area contributed by atoms with E-state index >= 15 is 0 Å². The smallest absolute Gasteiger partial charge is 0.225 e. The van der Waals surface area contributed by atoms with E-state index in [4.69, 9.17) is 34.8 Å². The van der Waals surface area contributed by atoms with Gasteiger partial charge in [0.25, 0.3) is 0 Å². The largest absolute Gasteiger partial charge is 0.273 e. The molecule has 2 rings (SSSR count). The van der Waals surface area contributed by atoms with E-state index in [0.29, 0.717) is 0 Å². The van der Waals surface area contributed by atoms with Crippen molar-refractivity contribution in [3.8, 4) is 0 Å². The molecule has 0 aliphatic rings. The van der Waals surface area contributed by atoms with Crippen molar-refractivity contribution in [2.45, 2.75) is 0 Å². The quantitative estimate of drug-likeness (QED) is 0.396. The molecule has 4 nitrogen and oxygen atoms in total. The summed E-state index contributed by atoms with van der Waals surface area (Å²) in [5.41, 5.74) is 1.98. The summed E-state index contributed by atoms with van der Waals surface area (Å²) in [5.74, 6) is -1.57. The van der Waals surface area contributed by atoms with Gasteiger partial charge in [0.2, 0.25) is 5.28 Å². The summed E-state index contributed by atoms with van der Waals surface area (Å²) in [6.07, 6.45) is 1.13. The van der Waals surface area contributed by atoms with E-state index in [2.05, 4.69) is 20.5 Å². The van der Waals surface area contributed by atoms with Gasteiger partial charge < -0.3 is 0 Å². The SMILES string of the molecule is Fc1cccc(F)c1NN=Cc1c(Cl)nc(Cl)nc1Cl. The van der Waals surface area contributed by atoms with Crippen molar-refractivity contribution in [2.75, 3.05) is 5.43 Å². The number of nitrogens with zero attached hydrogens (tertiary/aromatic N) is 3. The fourth-order valence-electron chi connectivity index (χ4n) is 1.27. The van der Waals surface area contributed by atoms with Gasteiger partial charge in [-0.2, -0.15) is 5.10 Å². The van der Waals surface area contributed by atoms with Crippen LogP contribution in [0.25, 0.3) is 0 Å². The zero-order valence-electron chi connectivity index (χ0n) is 9.54. The highest BCUT2D eigenvalue weighted by Crippen LogP contribution is 2.22. The Morgan fingerprint density at radius 2 is 1.60 bits per heavy atom. The van der Waals surface area contributed by atoms with E-state index in [1.807, 2.05) is 0 Å². The van der Waals surface area contributed by atoms with E-state index in [1.165, 1.54) is 6.07 Å². The maximum Gasteiger partial charge on any atom is 0.225 e. The molecule has 0 aliphatic carbocycles. The fraction of sp³-hybridized carbons (Fsp3) is 0. The maximum atomic E-state index is 13.3. The van der Waals surface area contributed by atoms with Crippen LogP contribution in [-0.4, -0.2) is 16.2 Å². The molecule has 0 atom stereocenters. The Bertz CT molecular complexity index is 635. The van der Waals surface area contributed by atoms with Gasteiger partial charge in [0.15, 0.2) is 11.6 Å². The van der Waals surface area contributed by atoms with Crippen molar-refractivity contribution in [1.82, 2.24) is 9.97 Å². The minimum Gasteiger partial charge on any atom is -0.273 e. The predicted octanol–water partition coefficient (Wildman–Crippen LogP) is 4.16. The number of hydrazone groups is 1. The van der Waals surface area contributed by atoms with Crippen molar-refractivity contribution in [3.63, 3.8) is 0 Å². The zero-order chi connectivity index (χ0) is 14.7. The van der Waals surface area contributed by atoms with Crippen LogP contribution in [0.3, 0.4) is 0 Å². The average molecular weight is 338 g/mol. The van der Waals surface area contributed by atoms with Gasteiger partial charge in [-0.25, -0.2) is 18.7 Å².